The minimum atomic E-state index is -0.443. The van der Waals surface area contributed by atoms with E-state index < -0.39 is 5.91 Å². The summed E-state index contributed by atoms with van der Waals surface area (Å²) in [5.41, 5.74) is 10.3. The summed E-state index contributed by atoms with van der Waals surface area (Å²) in [7, 11) is 0. The van der Waals surface area contributed by atoms with Gasteiger partial charge < -0.3 is 5.73 Å². The highest BCUT2D eigenvalue weighted by molar-refractivity contribution is 6.36. The van der Waals surface area contributed by atoms with Crippen LogP contribution in [-0.4, -0.2) is 11.6 Å². The van der Waals surface area contributed by atoms with Crippen molar-refractivity contribution in [3.63, 3.8) is 0 Å². The van der Waals surface area contributed by atoms with Gasteiger partial charge >= 0.3 is 0 Å². The Morgan fingerprint density at radius 2 is 1.68 bits per heavy atom. The molecule has 4 nitrogen and oxygen atoms in total. The average molecular weight is 357 g/mol. The molecule has 22 heavy (non-hydrogen) atoms. The fourth-order valence-corrected chi connectivity index (χ4v) is 2.44. The molecule has 0 spiro atoms. The van der Waals surface area contributed by atoms with Crippen LogP contribution in [0.4, 0.5) is 5.69 Å². The Labute approximate surface area is 142 Å². The lowest BCUT2D eigenvalue weighted by atomic mass is 10.1. The van der Waals surface area contributed by atoms with Crippen LogP contribution < -0.4 is 11.2 Å². The highest BCUT2D eigenvalue weighted by Crippen LogP contribution is 2.21. The van der Waals surface area contributed by atoms with Gasteiger partial charge in [0.1, 0.15) is 0 Å². The van der Waals surface area contributed by atoms with Crippen LogP contribution in [0.25, 0.3) is 0 Å². The molecule has 0 aromatic heterocycles. The number of benzene rings is 2. The molecular formula is C15H12Cl3N3O. The second kappa shape index (κ2) is 7.01. The van der Waals surface area contributed by atoms with E-state index in [1.165, 1.54) is 12.1 Å². The van der Waals surface area contributed by atoms with Gasteiger partial charge in [-0.25, -0.2) is 5.43 Å². The Balaban J connectivity index is 2.20. The van der Waals surface area contributed by atoms with Crippen molar-refractivity contribution < 1.29 is 4.79 Å². The first-order chi connectivity index (χ1) is 10.4. The number of nitrogens with one attached hydrogen (secondary N) is 1. The number of hydrazone groups is 1. The number of carbonyl (C=O) groups is 1. The number of nitrogens with zero attached hydrogens (tertiary/aromatic N) is 1. The van der Waals surface area contributed by atoms with Crippen molar-refractivity contribution in [2.75, 3.05) is 5.73 Å². The second-order valence-electron chi connectivity index (χ2n) is 4.49. The Morgan fingerprint density at radius 3 is 2.36 bits per heavy atom. The zero-order valence-corrected chi connectivity index (χ0v) is 13.8. The molecule has 1 amide bonds. The molecule has 0 bridgehead atoms. The molecule has 0 unspecified atom stereocenters. The number of amides is 1. The van der Waals surface area contributed by atoms with Crippen LogP contribution in [0.1, 0.15) is 22.8 Å². The monoisotopic (exact) mass is 355 g/mol. The SMILES string of the molecule is C/C(=N\NC(=O)c1ccc(Cl)cc1Cl)c1cc(Cl)ccc1N. The Morgan fingerprint density at radius 1 is 1.05 bits per heavy atom. The first-order valence-corrected chi connectivity index (χ1v) is 7.37. The van der Waals surface area contributed by atoms with Gasteiger partial charge in [-0.1, -0.05) is 34.8 Å². The molecular weight excluding hydrogens is 345 g/mol. The fraction of sp³-hybridized carbons (Fsp3) is 0.0667. The summed E-state index contributed by atoms with van der Waals surface area (Å²) in [6.45, 7) is 1.71. The van der Waals surface area contributed by atoms with Crippen molar-refractivity contribution >= 4 is 52.1 Å². The van der Waals surface area contributed by atoms with Crippen molar-refractivity contribution in [2.24, 2.45) is 5.10 Å². The van der Waals surface area contributed by atoms with Gasteiger partial charge in [-0.05, 0) is 43.3 Å². The molecule has 7 heteroatoms. The quantitative estimate of drug-likeness (QED) is 0.487. The summed E-state index contributed by atoms with van der Waals surface area (Å²) in [4.78, 5) is 12.1. The minimum absolute atomic E-state index is 0.250. The maximum atomic E-state index is 12.1. The number of halogens is 3. The van der Waals surface area contributed by atoms with Gasteiger partial charge in [0.25, 0.3) is 5.91 Å². The number of hydrogen-bond donors (Lipinski definition) is 2. The molecule has 0 radical (unpaired) electrons. The van der Waals surface area contributed by atoms with Crippen LogP contribution in [0, 0.1) is 0 Å². The van der Waals surface area contributed by atoms with Gasteiger partial charge in [0.05, 0.1) is 16.3 Å². The van der Waals surface area contributed by atoms with Crippen molar-refractivity contribution in [3.8, 4) is 0 Å². The van der Waals surface area contributed by atoms with Crippen molar-refractivity contribution in [2.45, 2.75) is 6.92 Å². The molecule has 3 N–H and O–H groups in total. The van der Waals surface area contributed by atoms with E-state index in [0.717, 1.165) is 0 Å². The molecule has 0 heterocycles. The van der Waals surface area contributed by atoms with E-state index in [9.17, 15) is 4.79 Å². The number of rotatable bonds is 3. The lowest BCUT2D eigenvalue weighted by Crippen LogP contribution is -2.20. The molecule has 0 fully saturated rings. The molecule has 2 aromatic carbocycles. The zero-order valence-electron chi connectivity index (χ0n) is 11.5. The summed E-state index contributed by atoms with van der Waals surface area (Å²) in [5, 5.41) is 5.26. The molecule has 114 valence electrons. The summed E-state index contributed by atoms with van der Waals surface area (Å²) in [6.07, 6.45) is 0. The molecule has 0 aliphatic rings. The highest BCUT2D eigenvalue weighted by atomic mass is 35.5. The third kappa shape index (κ3) is 3.91. The van der Waals surface area contributed by atoms with E-state index in [-0.39, 0.29) is 10.6 Å². The lowest BCUT2D eigenvalue weighted by molar-refractivity contribution is 0.0955. The maximum Gasteiger partial charge on any atom is 0.272 e. The fourth-order valence-electron chi connectivity index (χ4n) is 1.77. The van der Waals surface area contributed by atoms with Crippen LogP contribution in [0.15, 0.2) is 41.5 Å². The molecule has 0 aliphatic heterocycles. The summed E-state index contributed by atoms with van der Waals surface area (Å²) >= 11 is 17.7. The Kier molecular flexibility index (Phi) is 5.29. The van der Waals surface area contributed by atoms with Crippen LogP contribution in [0.2, 0.25) is 15.1 Å². The van der Waals surface area contributed by atoms with Crippen molar-refractivity contribution in [1.82, 2.24) is 5.43 Å². The maximum absolute atomic E-state index is 12.1. The van der Waals surface area contributed by atoms with E-state index in [1.807, 2.05) is 0 Å². The van der Waals surface area contributed by atoms with Gasteiger partial charge in [-0.2, -0.15) is 5.10 Å². The van der Waals surface area contributed by atoms with Crippen molar-refractivity contribution in [3.05, 3.63) is 62.6 Å². The molecule has 0 saturated carbocycles. The Hall–Kier alpha value is -1.75. The molecule has 2 aromatic rings. The predicted molar refractivity (Wildman–Crippen MR) is 92.0 cm³/mol. The van der Waals surface area contributed by atoms with Crippen molar-refractivity contribution in [1.29, 1.82) is 0 Å². The summed E-state index contributed by atoms with van der Waals surface area (Å²) in [6, 6.07) is 9.63. The van der Waals surface area contributed by atoms with Gasteiger partial charge in [-0.15, -0.1) is 0 Å². The third-order valence-electron chi connectivity index (χ3n) is 2.91. The van der Waals surface area contributed by atoms with Crippen LogP contribution in [-0.2, 0) is 0 Å². The topological polar surface area (TPSA) is 67.5 Å². The van der Waals surface area contributed by atoms with Crippen LogP contribution in [0.3, 0.4) is 0 Å². The van der Waals surface area contributed by atoms with E-state index in [0.29, 0.717) is 27.0 Å². The van der Waals surface area contributed by atoms with E-state index >= 15 is 0 Å². The van der Waals surface area contributed by atoms with Gasteiger partial charge in [0, 0.05) is 21.3 Å². The largest absolute Gasteiger partial charge is 0.398 e. The molecule has 0 saturated heterocycles. The van der Waals surface area contributed by atoms with Gasteiger partial charge in [0.15, 0.2) is 0 Å². The van der Waals surface area contributed by atoms with E-state index in [2.05, 4.69) is 10.5 Å². The average Bonchev–Trinajstić information content (AvgIpc) is 2.47. The van der Waals surface area contributed by atoms with Gasteiger partial charge in [-0.3, -0.25) is 4.79 Å². The third-order valence-corrected chi connectivity index (χ3v) is 3.69. The summed E-state index contributed by atoms with van der Waals surface area (Å²) in [5.74, 6) is -0.443. The number of carbonyl (C=O) groups excluding carboxylic acids is 1. The number of nitrogen functional groups attached to an aromatic ring is 1. The molecule has 0 atom stereocenters. The van der Waals surface area contributed by atoms with Crippen LogP contribution >= 0.6 is 34.8 Å². The Bertz CT molecular complexity index is 760. The van der Waals surface area contributed by atoms with Gasteiger partial charge in [0.2, 0.25) is 0 Å². The molecule has 2 rings (SSSR count). The predicted octanol–water partition coefficient (Wildman–Crippen LogP) is 4.38. The molecule has 0 aliphatic carbocycles. The summed E-state index contributed by atoms with van der Waals surface area (Å²) < 4.78 is 0. The second-order valence-corrected chi connectivity index (χ2v) is 5.77. The minimum Gasteiger partial charge on any atom is -0.398 e. The number of hydrogen-bond acceptors (Lipinski definition) is 3. The zero-order chi connectivity index (χ0) is 16.3. The first-order valence-electron chi connectivity index (χ1n) is 6.23. The van der Waals surface area contributed by atoms with E-state index in [1.54, 1.807) is 31.2 Å². The first kappa shape index (κ1) is 16.6. The smallest absolute Gasteiger partial charge is 0.272 e. The van der Waals surface area contributed by atoms with Crippen LogP contribution in [0.5, 0.6) is 0 Å². The van der Waals surface area contributed by atoms with E-state index in [4.69, 9.17) is 40.5 Å². The lowest BCUT2D eigenvalue weighted by Gasteiger charge is -2.07. The normalized spacial score (nSPS) is 11.4. The number of nitrogens with two attached hydrogens (primary N) is 1. The highest BCUT2D eigenvalue weighted by Gasteiger charge is 2.11. The standard InChI is InChI=1S/C15H12Cl3N3O/c1-8(12-6-9(16)3-5-14(12)19)20-21-15(22)11-4-2-10(17)7-13(11)18/h2-7H,19H2,1H3,(H,21,22)/b20-8+. The number of anilines is 1.